The summed E-state index contributed by atoms with van der Waals surface area (Å²) in [5.41, 5.74) is 2.43. The number of rotatable bonds is 7. The fourth-order valence-electron chi connectivity index (χ4n) is 4.34. The van der Waals surface area contributed by atoms with Crippen LogP contribution in [-0.4, -0.2) is 42.2 Å². The van der Waals surface area contributed by atoms with Gasteiger partial charge >= 0.3 is 0 Å². The van der Waals surface area contributed by atoms with Gasteiger partial charge in [-0.15, -0.1) is 0 Å². The minimum atomic E-state index is -0.699. The van der Waals surface area contributed by atoms with E-state index in [1.807, 2.05) is 0 Å². The van der Waals surface area contributed by atoms with Crippen molar-refractivity contribution < 1.29 is 28.5 Å². The Morgan fingerprint density at radius 1 is 1.00 bits per heavy atom. The second kappa shape index (κ2) is 10.3. The Morgan fingerprint density at radius 3 is 2.15 bits per heavy atom. The Bertz CT molecular complexity index is 1010. The second-order valence-electron chi connectivity index (χ2n) is 8.24. The highest BCUT2D eigenvalue weighted by Gasteiger charge is 2.35. The number of aliphatic hydroxyl groups excluding tert-OH is 1. The van der Waals surface area contributed by atoms with Crippen molar-refractivity contribution >= 4 is 0 Å². The number of ether oxygens (including phenoxy) is 2. The number of benzene rings is 3. The van der Waals surface area contributed by atoms with E-state index in [-0.39, 0.29) is 42.1 Å². The molecule has 3 unspecified atom stereocenters. The van der Waals surface area contributed by atoms with Crippen LogP contribution in [0.1, 0.15) is 29.0 Å². The van der Waals surface area contributed by atoms with Crippen molar-refractivity contribution in [3.05, 3.63) is 95.1 Å². The van der Waals surface area contributed by atoms with Crippen LogP contribution in [0, 0.1) is 11.6 Å². The largest absolute Gasteiger partial charge is 0.508 e. The second-order valence-corrected chi connectivity index (χ2v) is 8.24. The number of phenols is 1. The van der Waals surface area contributed by atoms with Gasteiger partial charge in [0, 0.05) is 24.4 Å². The van der Waals surface area contributed by atoms with Crippen LogP contribution in [0.2, 0.25) is 0 Å². The molecule has 174 valence electrons. The molecule has 5 nitrogen and oxygen atoms in total. The van der Waals surface area contributed by atoms with E-state index in [2.05, 4.69) is 5.32 Å². The molecule has 0 aliphatic carbocycles. The van der Waals surface area contributed by atoms with Gasteiger partial charge in [0.15, 0.2) is 0 Å². The molecular formula is C26H27F2NO4. The molecule has 7 heteroatoms. The molecule has 3 atom stereocenters. The topological polar surface area (TPSA) is 71.0 Å². The van der Waals surface area contributed by atoms with Gasteiger partial charge in [0.25, 0.3) is 0 Å². The molecule has 3 N–H and O–H groups in total. The van der Waals surface area contributed by atoms with Crippen LogP contribution in [0.4, 0.5) is 8.78 Å². The van der Waals surface area contributed by atoms with Crippen LogP contribution in [0.3, 0.4) is 0 Å². The van der Waals surface area contributed by atoms with E-state index in [4.69, 9.17) is 9.47 Å². The molecule has 1 aliphatic rings. The molecule has 33 heavy (non-hydrogen) atoms. The normalized spacial score (nSPS) is 20.7. The number of halogens is 2. The number of hydrogen-bond acceptors (Lipinski definition) is 5. The number of phenolic OH excluding ortho intramolecular Hbond substituents is 1. The molecule has 0 saturated carbocycles. The maximum absolute atomic E-state index is 13.5. The number of nitrogens with one attached hydrogen (secondary N) is 1. The van der Waals surface area contributed by atoms with E-state index in [9.17, 15) is 19.0 Å². The van der Waals surface area contributed by atoms with Crippen LogP contribution >= 0.6 is 0 Å². The Balaban J connectivity index is 1.48. The van der Waals surface area contributed by atoms with Gasteiger partial charge in [0.1, 0.15) is 23.1 Å². The molecule has 1 aliphatic heterocycles. The zero-order valence-electron chi connectivity index (χ0n) is 18.2. The minimum absolute atomic E-state index is 0.134. The monoisotopic (exact) mass is 455 g/mol. The van der Waals surface area contributed by atoms with E-state index >= 15 is 0 Å². The van der Waals surface area contributed by atoms with Gasteiger partial charge in [0.05, 0.1) is 32.0 Å². The highest BCUT2D eigenvalue weighted by Crippen LogP contribution is 2.35. The van der Waals surface area contributed by atoms with Gasteiger partial charge in [0.2, 0.25) is 0 Å². The van der Waals surface area contributed by atoms with E-state index in [1.54, 1.807) is 49.6 Å². The third-order valence-electron chi connectivity index (χ3n) is 6.08. The lowest BCUT2D eigenvalue weighted by Crippen LogP contribution is -2.50. The Labute approximate surface area is 191 Å². The molecule has 0 amide bonds. The maximum atomic E-state index is 13.5. The molecule has 3 aromatic carbocycles. The van der Waals surface area contributed by atoms with Crippen molar-refractivity contribution in [3.63, 3.8) is 0 Å². The Morgan fingerprint density at radius 2 is 1.61 bits per heavy atom. The highest BCUT2D eigenvalue weighted by molar-refractivity contribution is 5.39. The summed E-state index contributed by atoms with van der Waals surface area (Å²) in [4.78, 5) is 0. The number of hydrogen-bond donors (Lipinski definition) is 3. The quantitative estimate of drug-likeness (QED) is 0.500. The minimum Gasteiger partial charge on any atom is -0.508 e. The number of aliphatic hydroxyl groups is 1. The molecule has 0 bridgehead atoms. The first kappa shape index (κ1) is 23.2. The van der Waals surface area contributed by atoms with Crippen LogP contribution in [-0.2, 0) is 11.3 Å². The number of aromatic hydroxyl groups is 1. The molecule has 1 fully saturated rings. The average Bonchev–Trinajstić information content (AvgIpc) is 2.81. The lowest BCUT2D eigenvalue weighted by Gasteiger charge is -2.38. The van der Waals surface area contributed by atoms with E-state index in [1.165, 1.54) is 24.3 Å². The van der Waals surface area contributed by atoms with E-state index in [0.29, 0.717) is 18.7 Å². The first-order valence-electron chi connectivity index (χ1n) is 10.8. The van der Waals surface area contributed by atoms with Gasteiger partial charge in [-0.2, -0.15) is 0 Å². The van der Waals surface area contributed by atoms with Gasteiger partial charge in [-0.05, 0) is 53.6 Å². The van der Waals surface area contributed by atoms with Crippen molar-refractivity contribution in [2.75, 3.05) is 13.7 Å². The first-order valence-corrected chi connectivity index (χ1v) is 10.8. The van der Waals surface area contributed by atoms with Crippen molar-refractivity contribution in [1.29, 1.82) is 0 Å². The summed E-state index contributed by atoms with van der Waals surface area (Å²) in [6.45, 7) is 0.637. The van der Waals surface area contributed by atoms with Crippen LogP contribution in [0.25, 0.3) is 0 Å². The van der Waals surface area contributed by atoms with Crippen LogP contribution in [0.5, 0.6) is 11.5 Å². The van der Waals surface area contributed by atoms with Crippen LogP contribution in [0.15, 0.2) is 66.7 Å². The third-order valence-corrected chi connectivity index (χ3v) is 6.08. The zero-order chi connectivity index (χ0) is 23.4. The van der Waals surface area contributed by atoms with Crippen molar-refractivity contribution in [3.8, 4) is 11.5 Å². The third kappa shape index (κ3) is 5.50. The molecule has 0 radical (unpaired) electrons. The zero-order valence-corrected chi connectivity index (χ0v) is 18.2. The molecule has 1 saturated heterocycles. The van der Waals surface area contributed by atoms with E-state index < -0.39 is 6.10 Å². The molecule has 1 heterocycles. The van der Waals surface area contributed by atoms with Crippen molar-refractivity contribution in [2.45, 2.75) is 37.1 Å². The lowest BCUT2D eigenvalue weighted by atomic mass is 9.82. The number of methoxy groups -OCH3 is 1. The molecular weight excluding hydrogens is 428 g/mol. The van der Waals surface area contributed by atoms with Crippen molar-refractivity contribution in [2.24, 2.45) is 0 Å². The summed E-state index contributed by atoms with van der Waals surface area (Å²) >= 11 is 0. The summed E-state index contributed by atoms with van der Waals surface area (Å²) in [5, 5.41) is 23.9. The molecule has 3 aromatic rings. The molecule has 0 aromatic heterocycles. The molecule has 0 spiro atoms. The van der Waals surface area contributed by atoms with Crippen molar-refractivity contribution in [1.82, 2.24) is 5.32 Å². The predicted molar refractivity (Wildman–Crippen MR) is 120 cm³/mol. The summed E-state index contributed by atoms with van der Waals surface area (Å²) in [6, 6.07) is 16.8. The van der Waals surface area contributed by atoms with Gasteiger partial charge < -0.3 is 25.0 Å². The highest BCUT2D eigenvalue weighted by atomic mass is 19.1. The standard InChI is InChI=1S/C26H27F2NO4/c1-32-24-11-10-21(30)12-18(24)14-29-22-15-33-25(13-23(22)31)26(16-2-6-19(27)7-3-16)17-4-8-20(28)9-5-17/h2-12,22-23,25-26,29-31H,13-15H2,1H3. The Kier molecular flexibility index (Phi) is 7.23. The predicted octanol–water partition coefficient (Wildman–Crippen LogP) is 4.12. The lowest BCUT2D eigenvalue weighted by molar-refractivity contribution is -0.0718. The first-order chi connectivity index (χ1) is 15.9. The van der Waals surface area contributed by atoms with Gasteiger partial charge in [-0.1, -0.05) is 24.3 Å². The average molecular weight is 456 g/mol. The summed E-state index contributed by atoms with van der Waals surface area (Å²) in [5.74, 6) is -0.194. The summed E-state index contributed by atoms with van der Waals surface area (Å²) in [6.07, 6.45) is -0.728. The van der Waals surface area contributed by atoms with Gasteiger partial charge in [-0.25, -0.2) is 8.78 Å². The molecule has 4 rings (SSSR count). The van der Waals surface area contributed by atoms with E-state index in [0.717, 1.165) is 16.7 Å². The fourth-order valence-corrected chi connectivity index (χ4v) is 4.34. The SMILES string of the molecule is COc1ccc(O)cc1CNC1COC(C(c2ccc(F)cc2)c2ccc(F)cc2)CC1O. The van der Waals surface area contributed by atoms with Crippen LogP contribution < -0.4 is 10.1 Å². The maximum Gasteiger partial charge on any atom is 0.123 e. The summed E-state index contributed by atoms with van der Waals surface area (Å²) < 4.78 is 38.5. The smallest absolute Gasteiger partial charge is 0.123 e. The Hall–Kier alpha value is -3.00. The fraction of sp³-hybridized carbons (Fsp3) is 0.308. The summed E-state index contributed by atoms with van der Waals surface area (Å²) in [7, 11) is 1.56. The van der Waals surface area contributed by atoms with Gasteiger partial charge in [-0.3, -0.25) is 0 Å².